The van der Waals surface area contributed by atoms with E-state index in [4.69, 9.17) is 34.8 Å². The molecule has 0 spiro atoms. The Kier molecular flexibility index (Phi) is 3.78. The standard InChI is InChI=1S/C14H7Cl3F2N2/c15-6-14-20-11-4-8(17)9(18)5-13(11)21(14)12-2-1-7(16)3-10(12)19/h1-5H,6H2. The van der Waals surface area contributed by atoms with Crippen molar-refractivity contribution in [3.63, 3.8) is 0 Å². The van der Waals surface area contributed by atoms with Crippen molar-refractivity contribution in [2.24, 2.45) is 0 Å². The maximum Gasteiger partial charge on any atom is 0.148 e. The lowest BCUT2D eigenvalue weighted by Crippen LogP contribution is -2.02. The molecule has 3 rings (SSSR count). The van der Waals surface area contributed by atoms with Crippen LogP contribution in [0.25, 0.3) is 16.7 Å². The molecular weight excluding hydrogens is 341 g/mol. The van der Waals surface area contributed by atoms with E-state index in [1.54, 1.807) is 0 Å². The Morgan fingerprint density at radius 3 is 2.48 bits per heavy atom. The zero-order valence-electron chi connectivity index (χ0n) is 10.4. The van der Waals surface area contributed by atoms with Gasteiger partial charge >= 0.3 is 0 Å². The van der Waals surface area contributed by atoms with E-state index in [1.165, 1.54) is 34.9 Å². The molecule has 2 nitrogen and oxygen atoms in total. The van der Waals surface area contributed by atoms with Crippen LogP contribution in [0.4, 0.5) is 8.78 Å². The van der Waals surface area contributed by atoms with E-state index in [0.29, 0.717) is 16.9 Å². The summed E-state index contributed by atoms with van der Waals surface area (Å²) in [6, 6.07) is 6.78. The monoisotopic (exact) mass is 346 g/mol. The van der Waals surface area contributed by atoms with Gasteiger partial charge in [0.1, 0.15) is 17.5 Å². The summed E-state index contributed by atoms with van der Waals surface area (Å²) in [5.41, 5.74) is 1.01. The second-order valence-corrected chi connectivity index (χ2v) is 5.46. The van der Waals surface area contributed by atoms with Gasteiger partial charge in [0, 0.05) is 11.1 Å². The van der Waals surface area contributed by atoms with Gasteiger partial charge in [-0.2, -0.15) is 0 Å². The molecule has 0 unspecified atom stereocenters. The molecule has 1 aromatic heterocycles. The van der Waals surface area contributed by atoms with Gasteiger partial charge in [-0.15, -0.1) is 11.6 Å². The first-order valence-electron chi connectivity index (χ1n) is 5.89. The van der Waals surface area contributed by atoms with Crippen LogP contribution in [0.1, 0.15) is 5.82 Å². The van der Waals surface area contributed by atoms with E-state index < -0.39 is 11.6 Å². The SMILES string of the molecule is Fc1cc2c(cc1Cl)nc(CCl)n2-c1ccc(Cl)cc1F. The van der Waals surface area contributed by atoms with Gasteiger partial charge in [0.05, 0.1) is 27.6 Å². The fraction of sp³-hybridized carbons (Fsp3) is 0.0714. The number of imidazole rings is 1. The second kappa shape index (κ2) is 5.44. The molecule has 0 saturated heterocycles. The number of nitrogens with zero attached hydrogens (tertiary/aromatic N) is 2. The zero-order chi connectivity index (χ0) is 15.1. The lowest BCUT2D eigenvalue weighted by Gasteiger charge is -2.09. The molecule has 0 bridgehead atoms. The van der Waals surface area contributed by atoms with Gasteiger partial charge in [-0.1, -0.05) is 23.2 Å². The van der Waals surface area contributed by atoms with Crippen molar-refractivity contribution in [1.29, 1.82) is 0 Å². The van der Waals surface area contributed by atoms with Crippen LogP contribution in [0.2, 0.25) is 10.0 Å². The Labute approximate surface area is 133 Å². The van der Waals surface area contributed by atoms with Gasteiger partial charge in [0.2, 0.25) is 0 Å². The lowest BCUT2D eigenvalue weighted by molar-refractivity contribution is 0.616. The van der Waals surface area contributed by atoms with Gasteiger partial charge in [0.15, 0.2) is 0 Å². The third-order valence-corrected chi connectivity index (χ3v) is 3.80. The topological polar surface area (TPSA) is 17.8 Å². The number of hydrogen-bond donors (Lipinski definition) is 0. The summed E-state index contributed by atoms with van der Waals surface area (Å²) in [7, 11) is 0. The maximum atomic E-state index is 14.1. The molecule has 108 valence electrons. The van der Waals surface area contributed by atoms with Gasteiger partial charge in [-0.25, -0.2) is 13.8 Å². The van der Waals surface area contributed by atoms with Crippen LogP contribution in [0.15, 0.2) is 30.3 Å². The van der Waals surface area contributed by atoms with Crippen LogP contribution in [-0.2, 0) is 5.88 Å². The Hall–Kier alpha value is -1.36. The third-order valence-electron chi connectivity index (χ3n) is 3.04. The van der Waals surface area contributed by atoms with Crippen LogP contribution >= 0.6 is 34.8 Å². The molecule has 7 heteroatoms. The minimum absolute atomic E-state index is 0.0377. The summed E-state index contributed by atoms with van der Waals surface area (Å²) >= 11 is 17.3. The highest BCUT2D eigenvalue weighted by atomic mass is 35.5. The Balaban J connectivity index is 2.37. The molecule has 0 amide bonds. The highest BCUT2D eigenvalue weighted by Gasteiger charge is 2.17. The molecule has 0 aliphatic rings. The highest BCUT2D eigenvalue weighted by molar-refractivity contribution is 6.31. The first kappa shape index (κ1) is 14.6. The Bertz CT molecular complexity index is 846. The second-order valence-electron chi connectivity index (χ2n) is 4.35. The number of aromatic nitrogens is 2. The molecule has 0 radical (unpaired) electrons. The van der Waals surface area contributed by atoms with Crippen LogP contribution in [0.3, 0.4) is 0 Å². The van der Waals surface area contributed by atoms with Crippen LogP contribution < -0.4 is 0 Å². The molecule has 0 fully saturated rings. The first-order chi connectivity index (χ1) is 10.0. The highest BCUT2D eigenvalue weighted by Crippen LogP contribution is 2.29. The van der Waals surface area contributed by atoms with E-state index in [2.05, 4.69) is 4.98 Å². The van der Waals surface area contributed by atoms with Crippen molar-refractivity contribution >= 4 is 45.8 Å². The number of hydrogen-bond acceptors (Lipinski definition) is 1. The molecule has 1 heterocycles. The number of fused-ring (bicyclic) bond motifs is 1. The molecule has 0 aliphatic carbocycles. The number of halogens is 5. The van der Waals surface area contributed by atoms with Crippen molar-refractivity contribution in [2.75, 3.05) is 0 Å². The summed E-state index contributed by atoms with van der Waals surface area (Å²) in [6.07, 6.45) is 0. The van der Waals surface area contributed by atoms with Crippen LogP contribution in [-0.4, -0.2) is 9.55 Å². The fourth-order valence-corrected chi connectivity index (χ4v) is 2.64. The van der Waals surface area contributed by atoms with Gasteiger partial charge in [-0.3, -0.25) is 4.57 Å². The number of benzene rings is 2. The summed E-state index contributed by atoms with van der Waals surface area (Å²) in [6.45, 7) is 0. The van der Waals surface area contributed by atoms with Crippen molar-refractivity contribution in [1.82, 2.24) is 9.55 Å². The van der Waals surface area contributed by atoms with E-state index >= 15 is 0 Å². The lowest BCUT2D eigenvalue weighted by atomic mass is 10.2. The smallest absolute Gasteiger partial charge is 0.148 e. The van der Waals surface area contributed by atoms with Crippen molar-refractivity contribution < 1.29 is 8.78 Å². The van der Waals surface area contributed by atoms with Crippen LogP contribution in [0.5, 0.6) is 0 Å². The van der Waals surface area contributed by atoms with Gasteiger partial charge in [-0.05, 0) is 24.3 Å². The molecule has 0 aliphatic heterocycles. The third kappa shape index (κ3) is 2.48. The Morgan fingerprint density at radius 1 is 1.05 bits per heavy atom. The average molecular weight is 348 g/mol. The summed E-state index contributed by atoms with van der Waals surface area (Å²) in [5.74, 6) is -0.741. The molecule has 0 atom stereocenters. The molecule has 3 aromatic rings. The predicted molar refractivity (Wildman–Crippen MR) is 80.6 cm³/mol. The maximum absolute atomic E-state index is 14.1. The van der Waals surface area contributed by atoms with E-state index in [1.807, 2.05) is 0 Å². The minimum Gasteiger partial charge on any atom is -0.292 e. The Morgan fingerprint density at radius 2 is 1.81 bits per heavy atom. The summed E-state index contributed by atoms with van der Waals surface area (Å²) < 4.78 is 29.3. The van der Waals surface area contributed by atoms with E-state index in [0.717, 1.165) is 0 Å². The van der Waals surface area contributed by atoms with Crippen molar-refractivity contribution in [3.05, 3.63) is 57.8 Å². The molecular formula is C14H7Cl3F2N2. The van der Waals surface area contributed by atoms with Gasteiger partial charge < -0.3 is 0 Å². The van der Waals surface area contributed by atoms with Crippen molar-refractivity contribution in [3.8, 4) is 5.69 Å². The molecule has 21 heavy (non-hydrogen) atoms. The van der Waals surface area contributed by atoms with E-state index in [-0.39, 0.29) is 21.6 Å². The van der Waals surface area contributed by atoms with Crippen LogP contribution in [0, 0.1) is 11.6 Å². The quantitative estimate of drug-likeness (QED) is 0.571. The summed E-state index contributed by atoms with van der Waals surface area (Å²) in [4.78, 5) is 4.25. The molecule has 0 N–H and O–H groups in total. The predicted octanol–water partition coefficient (Wildman–Crippen LogP) is 5.35. The average Bonchev–Trinajstić information content (AvgIpc) is 2.77. The van der Waals surface area contributed by atoms with Gasteiger partial charge in [0.25, 0.3) is 0 Å². The largest absolute Gasteiger partial charge is 0.292 e. The first-order valence-corrected chi connectivity index (χ1v) is 7.18. The minimum atomic E-state index is -0.610. The molecule has 0 saturated carbocycles. The fourth-order valence-electron chi connectivity index (χ4n) is 2.14. The van der Waals surface area contributed by atoms with Crippen molar-refractivity contribution in [2.45, 2.75) is 5.88 Å². The molecule has 2 aromatic carbocycles. The normalized spacial score (nSPS) is 11.3. The van der Waals surface area contributed by atoms with E-state index in [9.17, 15) is 8.78 Å². The number of rotatable bonds is 2. The summed E-state index contributed by atoms with van der Waals surface area (Å²) in [5, 5.41) is 0.215. The number of alkyl halides is 1. The zero-order valence-corrected chi connectivity index (χ0v) is 12.6.